The highest BCUT2D eigenvalue weighted by Gasteiger charge is 2.07. The molecule has 4 heteroatoms. The van der Waals surface area contributed by atoms with Crippen LogP contribution in [0.5, 0.6) is 5.75 Å². The number of amides is 1. The van der Waals surface area contributed by atoms with E-state index in [1.54, 1.807) is 19.1 Å². The number of hydrogen-bond acceptors (Lipinski definition) is 3. The second-order valence-electron chi connectivity index (χ2n) is 3.97. The second-order valence-corrected chi connectivity index (χ2v) is 3.97. The van der Waals surface area contributed by atoms with Crippen LogP contribution < -0.4 is 15.8 Å². The normalized spacial score (nSPS) is 12.3. The van der Waals surface area contributed by atoms with Crippen molar-refractivity contribution in [3.8, 4) is 5.75 Å². The number of hydrogen-bond donors (Lipinski definition) is 2. The van der Waals surface area contributed by atoms with Crippen LogP contribution in [0.25, 0.3) is 0 Å². The van der Waals surface area contributed by atoms with E-state index in [1.165, 1.54) is 0 Å². The summed E-state index contributed by atoms with van der Waals surface area (Å²) in [5.74, 6) is 0.589. The molecule has 3 N–H and O–H groups in total. The fourth-order valence-corrected chi connectivity index (χ4v) is 1.15. The van der Waals surface area contributed by atoms with Gasteiger partial charge in [0.2, 0.25) is 5.91 Å². The average Bonchev–Trinajstić information content (AvgIpc) is 2.20. The predicted molar refractivity (Wildman–Crippen MR) is 64.5 cm³/mol. The summed E-state index contributed by atoms with van der Waals surface area (Å²) in [5, 5.41) is 2.70. The van der Waals surface area contributed by atoms with Gasteiger partial charge in [-0.05, 0) is 45.0 Å². The van der Waals surface area contributed by atoms with Crippen molar-refractivity contribution in [2.75, 3.05) is 5.32 Å². The van der Waals surface area contributed by atoms with Crippen LogP contribution in [0, 0.1) is 0 Å². The van der Waals surface area contributed by atoms with E-state index in [0.717, 1.165) is 11.4 Å². The number of carbonyl (C=O) groups is 1. The molecule has 0 aliphatic rings. The molecule has 88 valence electrons. The van der Waals surface area contributed by atoms with Crippen molar-refractivity contribution >= 4 is 11.6 Å². The minimum atomic E-state index is -0.508. The minimum absolute atomic E-state index is 0.143. The van der Waals surface area contributed by atoms with E-state index in [0.29, 0.717) is 0 Å². The third-order valence-electron chi connectivity index (χ3n) is 1.91. The molecule has 0 saturated carbocycles. The zero-order chi connectivity index (χ0) is 12.1. The van der Waals surface area contributed by atoms with Gasteiger partial charge in [0.25, 0.3) is 0 Å². The van der Waals surface area contributed by atoms with Crippen LogP contribution in [0.1, 0.15) is 20.8 Å². The summed E-state index contributed by atoms with van der Waals surface area (Å²) in [6.07, 6.45) is 0.143. The van der Waals surface area contributed by atoms with Crippen LogP contribution in [0.2, 0.25) is 0 Å². The molecule has 0 heterocycles. The fraction of sp³-hybridized carbons (Fsp3) is 0.417. The van der Waals surface area contributed by atoms with Crippen molar-refractivity contribution in [1.82, 2.24) is 0 Å². The van der Waals surface area contributed by atoms with Crippen molar-refractivity contribution in [3.63, 3.8) is 0 Å². The quantitative estimate of drug-likeness (QED) is 0.815. The molecule has 0 saturated heterocycles. The number of nitrogens with one attached hydrogen (secondary N) is 1. The van der Waals surface area contributed by atoms with Gasteiger partial charge in [0.1, 0.15) is 5.75 Å². The SMILES string of the molecule is CC(C)Oc1ccc(NC(=O)[C@@H](C)N)cc1. The molecule has 0 radical (unpaired) electrons. The molecule has 1 amide bonds. The third kappa shape index (κ3) is 3.90. The highest BCUT2D eigenvalue weighted by molar-refractivity contribution is 5.94. The van der Waals surface area contributed by atoms with Gasteiger partial charge in [-0.2, -0.15) is 0 Å². The van der Waals surface area contributed by atoms with Gasteiger partial charge in [-0.15, -0.1) is 0 Å². The van der Waals surface area contributed by atoms with E-state index in [-0.39, 0.29) is 12.0 Å². The molecule has 0 aliphatic heterocycles. The number of nitrogens with two attached hydrogens (primary N) is 1. The first-order valence-electron chi connectivity index (χ1n) is 5.32. The first-order chi connectivity index (χ1) is 7.49. The first kappa shape index (κ1) is 12.5. The standard InChI is InChI=1S/C12H18N2O2/c1-8(2)16-11-6-4-10(5-7-11)14-12(15)9(3)13/h4-9H,13H2,1-3H3,(H,14,15)/t9-/m1/s1. The molecule has 1 aromatic rings. The van der Waals surface area contributed by atoms with Gasteiger partial charge in [0.05, 0.1) is 12.1 Å². The molecule has 1 aromatic carbocycles. The number of rotatable bonds is 4. The summed E-state index contributed by atoms with van der Waals surface area (Å²) < 4.78 is 5.48. The molecule has 16 heavy (non-hydrogen) atoms. The Bertz CT molecular complexity index is 345. The summed E-state index contributed by atoms with van der Waals surface area (Å²) >= 11 is 0. The Kier molecular flexibility index (Phi) is 4.31. The summed E-state index contributed by atoms with van der Waals surface area (Å²) in [6, 6.07) is 6.70. The third-order valence-corrected chi connectivity index (χ3v) is 1.91. The highest BCUT2D eigenvalue weighted by Crippen LogP contribution is 2.16. The number of carbonyl (C=O) groups excluding carboxylic acids is 1. The Hall–Kier alpha value is -1.55. The molecule has 0 aliphatic carbocycles. The maximum absolute atomic E-state index is 11.3. The zero-order valence-electron chi connectivity index (χ0n) is 9.86. The van der Waals surface area contributed by atoms with Crippen molar-refractivity contribution in [3.05, 3.63) is 24.3 Å². The van der Waals surface area contributed by atoms with E-state index in [1.807, 2.05) is 26.0 Å². The summed E-state index contributed by atoms with van der Waals surface area (Å²) in [7, 11) is 0. The van der Waals surface area contributed by atoms with Gasteiger partial charge in [0, 0.05) is 5.69 Å². The molecule has 4 nitrogen and oxygen atoms in total. The van der Waals surface area contributed by atoms with Crippen LogP contribution in [0.3, 0.4) is 0 Å². The van der Waals surface area contributed by atoms with Crippen LogP contribution >= 0.6 is 0 Å². The molecule has 0 aromatic heterocycles. The van der Waals surface area contributed by atoms with Gasteiger partial charge in [-0.1, -0.05) is 0 Å². The molecule has 0 fully saturated rings. The fourth-order valence-electron chi connectivity index (χ4n) is 1.15. The monoisotopic (exact) mass is 222 g/mol. The molecule has 0 unspecified atom stereocenters. The number of ether oxygens (including phenoxy) is 1. The van der Waals surface area contributed by atoms with Gasteiger partial charge in [-0.3, -0.25) is 4.79 Å². The maximum atomic E-state index is 11.3. The molecule has 1 atom stereocenters. The van der Waals surface area contributed by atoms with E-state index < -0.39 is 6.04 Å². The minimum Gasteiger partial charge on any atom is -0.491 e. The van der Waals surface area contributed by atoms with Crippen LogP contribution in [0.4, 0.5) is 5.69 Å². The smallest absolute Gasteiger partial charge is 0.240 e. The Morgan fingerprint density at radius 1 is 1.25 bits per heavy atom. The lowest BCUT2D eigenvalue weighted by Gasteiger charge is -2.11. The lowest BCUT2D eigenvalue weighted by Crippen LogP contribution is -2.32. The Morgan fingerprint density at radius 2 is 1.81 bits per heavy atom. The maximum Gasteiger partial charge on any atom is 0.240 e. The molecule has 1 rings (SSSR count). The molecule has 0 spiro atoms. The Morgan fingerprint density at radius 3 is 2.25 bits per heavy atom. The van der Waals surface area contributed by atoms with Gasteiger partial charge in [0.15, 0.2) is 0 Å². The van der Waals surface area contributed by atoms with E-state index in [9.17, 15) is 4.79 Å². The van der Waals surface area contributed by atoms with Crippen molar-refractivity contribution in [1.29, 1.82) is 0 Å². The topological polar surface area (TPSA) is 64.3 Å². The molecular weight excluding hydrogens is 204 g/mol. The highest BCUT2D eigenvalue weighted by atomic mass is 16.5. The summed E-state index contributed by atoms with van der Waals surface area (Å²) in [4.78, 5) is 11.3. The predicted octanol–water partition coefficient (Wildman–Crippen LogP) is 1.76. The van der Waals surface area contributed by atoms with E-state index >= 15 is 0 Å². The Labute approximate surface area is 95.8 Å². The van der Waals surface area contributed by atoms with E-state index in [4.69, 9.17) is 10.5 Å². The lowest BCUT2D eigenvalue weighted by molar-refractivity contribution is -0.117. The Balaban J connectivity index is 2.61. The van der Waals surface area contributed by atoms with Crippen LogP contribution in [-0.2, 0) is 4.79 Å². The van der Waals surface area contributed by atoms with Crippen molar-refractivity contribution in [2.24, 2.45) is 5.73 Å². The number of benzene rings is 1. The van der Waals surface area contributed by atoms with Crippen molar-refractivity contribution in [2.45, 2.75) is 32.9 Å². The van der Waals surface area contributed by atoms with Crippen LogP contribution in [0.15, 0.2) is 24.3 Å². The second kappa shape index (κ2) is 5.51. The van der Waals surface area contributed by atoms with Gasteiger partial charge in [-0.25, -0.2) is 0 Å². The van der Waals surface area contributed by atoms with Crippen molar-refractivity contribution < 1.29 is 9.53 Å². The molecule has 0 bridgehead atoms. The van der Waals surface area contributed by atoms with Crippen LogP contribution in [-0.4, -0.2) is 18.1 Å². The largest absolute Gasteiger partial charge is 0.491 e. The first-order valence-corrected chi connectivity index (χ1v) is 5.32. The summed E-state index contributed by atoms with van der Waals surface area (Å²) in [5.41, 5.74) is 6.16. The molecular formula is C12H18N2O2. The van der Waals surface area contributed by atoms with E-state index in [2.05, 4.69) is 5.32 Å². The van der Waals surface area contributed by atoms with Gasteiger partial charge >= 0.3 is 0 Å². The van der Waals surface area contributed by atoms with Gasteiger partial charge < -0.3 is 15.8 Å². The lowest BCUT2D eigenvalue weighted by atomic mass is 10.2. The zero-order valence-corrected chi connectivity index (χ0v) is 9.86. The number of anilines is 1. The average molecular weight is 222 g/mol. The summed E-state index contributed by atoms with van der Waals surface area (Å²) in [6.45, 7) is 5.57.